The van der Waals surface area contributed by atoms with E-state index in [1.807, 2.05) is 30.3 Å². The Kier molecular flexibility index (Phi) is 3.19. The molecule has 0 aliphatic carbocycles. The zero-order valence-electron chi connectivity index (χ0n) is 7.98. The van der Waals surface area contributed by atoms with Gasteiger partial charge >= 0.3 is 6.01 Å². The van der Waals surface area contributed by atoms with Gasteiger partial charge in [0.2, 0.25) is 5.89 Å². The van der Waals surface area contributed by atoms with Gasteiger partial charge in [0.1, 0.15) is 5.88 Å². The Bertz CT molecular complexity index is 416. The number of nitrogens with one attached hydrogen (secondary N) is 1. The highest BCUT2D eigenvalue weighted by Gasteiger charge is 2.03. The highest BCUT2D eigenvalue weighted by Crippen LogP contribution is 2.09. The molecule has 0 amide bonds. The fraction of sp³-hybridized carbons (Fsp3) is 0.200. The molecule has 5 heteroatoms. The van der Waals surface area contributed by atoms with Gasteiger partial charge in [-0.3, -0.25) is 0 Å². The molecule has 0 aliphatic heterocycles. The lowest BCUT2D eigenvalue weighted by atomic mass is 10.2. The Morgan fingerprint density at radius 1 is 1.20 bits per heavy atom. The van der Waals surface area contributed by atoms with E-state index in [0.717, 1.165) is 5.56 Å². The Morgan fingerprint density at radius 3 is 2.67 bits per heavy atom. The molecule has 0 fully saturated rings. The van der Waals surface area contributed by atoms with Crippen molar-refractivity contribution in [1.29, 1.82) is 0 Å². The Labute approximate surface area is 92.3 Å². The van der Waals surface area contributed by atoms with Crippen LogP contribution in [0.1, 0.15) is 11.5 Å². The molecule has 1 aromatic heterocycles. The van der Waals surface area contributed by atoms with Crippen molar-refractivity contribution in [2.24, 2.45) is 0 Å². The van der Waals surface area contributed by atoms with Gasteiger partial charge < -0.3 is 9.73 Å². The molecule has 0 radical (unpaired) electrons. The number of benzene rings is 1. The van der Waals surface area contributed by atoms with Crippen LogP contribution in [0.4, 0.5) is 6.01 Å². The Balaban J connectivity index is 1.93. The van der Waals surface area contributed by atoms with Crippen LogP contribution < -0.4 is 5.32 Å². The fourth-order valence-corrected chi connectivity index (χ4v) is 1.26. The molecule has 0 spiro atoms. The van der Waals surface area contributed by atoms with Crippen LogP contribution in [0.25, 0.3) is 0 Å². The first kappa shape index (κ1) is 9.98. The molecule has 4 nitrogen and oxygen atoms in total. The van der Waals surface area contributed by atoms with Gasteiger partial charge in [-0.1, -0.05) is 35.4 Å². The molecule has 0 unspecified atom stereocenters. The van der Waals surface area contributed by atoms with Crippen molar-refractivity contribution in [1.82, 2.24) is 10.2 Å². The molecular weight excluding hydrogens is 214 g/mol. The third-order valence-corrected chi connectivity index (χ3v) is 2.10. The molecule has 0 aliphatic rings. The normalized spacial score (nSPS) is 10.2. The number of halogens is 1. The highest BCUT2D eigenvalue weighted by molar-refractivity contribution is 6.16. The summed E-state index contributed by atoms with van der Waals surface area (Å²) in [6, 6.07) is 10.4. The lowest BCUT2D eigenvalue weighted by Gasteiger charge is -2.00. The van der Waals surface area contributed by atoms with Gasteiger partial charge in [-0.05, 0) is 5.56 Å². The van der Waals surface area contributed by atoms with Crippen molar-refractivity contribution >= 4 is 17.6 Å². The summed E-state index contributed by atoms with van der Waals surface area (Å²) in [5, 5.41) is 10.5. The summed E-state index contributed by atoms with van der Waals surface area (Å²) in [7, 11) is 0. The lowest BCUT2D eigenvalue weighted by molar-refractivity contribution is 0.525. The van der Waals surface area contributed by atoms with Gasteiger partial charge in [0.05, 0.1) is 0 Å². The first-order chi connectivity index (χ1) is 7.38. The molecule has 2 aromatic rings. The molecule has 0 bridgehead atoms. The molecule has 0 atom stereocenters. The van der Waals surface area contributed by atoms with Crippen LogP contribution >= 0.6 is 11.6 Å². The minimum absolute atomic E-state index is 0.236. The van der Waals surface area contributed by atoms with E-state index >= 15 is 0 Å². The van der Waals surface area contributed by atoms with E-state index < -0.39 is 0 Å². The van der Waals surface area contributed by atoms with Crippen molar-refractivity contribution < 1.29 is 4.42 Å². The average Bonchev–Trinajstić information content (AvgIpc) is 2.76. The molecule has 15 heavy (non-hydrogen) atoms. The van der Waals surface area contributed by atoms with E-state index in [2.05, 4.69) is 15.5 Å². The summed E-state index contributed by atoms with van der Waals surface area (Å²) < 4.78 is 5.19. The maximum absolute atomic E-state index is 5.53. The van der Waals surface area contributed by atoms with Crippen LogP contribution in [0.3, 0.4) is 0 Å². The third kappa shape index (κ3) is 2.70. The topological polar surface area (TPSA) is 51.0 Å². The highest BCUT2D eigenvalue weighted by atomic mass is 35.5. The lowest BCUT2D eigenvalue weighted by Crippen LogP contribution is -1.98. The summed E-state index contributed by atoms with van der Waals surface area (Å²) >= 11 is 5.53. The summed E-state index contributed by atoms with van der Waals surface area (Å²) in [6.07, 6.45) is 0. The van der Waals surface area contributed by atoms with Crippen LogP contribution in [0, 0.1) is 0 Å². The van der Waals surface area contributed by atoms with E-state index in [1.165, 1.54) is 0 Å². The number of alkyl halides is 1. The molecule has 78 valence electrons. The van der Waals surface area contributed by atoms with Gasteiger partial charge in [-0.15, -0.1) is 16.7 Å². The van der Waals surface area contributed by atoms with Crippen molar-refractivity contribution in [3.8, 4) is 0 Å². The monoisotopic (exact) mass is 223 g/mol. The van der Waals surface area contributed by atoms with Crippen molar-refractivity contribution in [3.63, 3.8) is 0 Å². The summed E-state index contributed by atoms with van der Waals surface area (Å²) in [5.41, 5.74) is 1.16. The van der Waals surface area contributed by atoms with E-state index in [-0.39, 0.29) is 5.88 Å². The first-order valence-electron chi connectivity index (χ1n) is 4.54. The van der Waals surface area contributed by atoms with E-state index in [0.29, 0.717) is 18.5 Å². The molecule has 0 saturated heterocycles. The van der Waals surface area contributed by atoms with Gasteiger partial charge in [-0.2, -0.15) is 0 Å². The smallest absolute Gasteiger partial charge is 0.315 e. The minimum Gasteiger partial charge on any atom is -0.407 e. The minimum atomic E-state index is 0.236. The summed E-state index contributed by atoms with van der Waals surface area (Å²) in [6.45, 7) is 0.657. The van der Waals surface area contributed by atoms with Crippen LogP contribution in [-0.4, -0.2) is 10.2 Å². The zero-order chi connectivity index (χ0) is 10.5. The number of aromatic nitrogens is 2. The third-order valence-electron chi connectivity index (χ3n) is 1.87. The van der Waals surface area contributed by atoms with E-state index in [1.54, 1.807) is 0 Å². The average molecular weight is 224 g/mol. The first-order valence-corrected chi connectivity index (χ1v) is 5.08. The zero-order valence-corrected chi connectivity index (χ0v) is 8.74. The molecular formula is C10H10ClN3O. The van der Waals surface area contributed by atoms with E-state index in [9.17, 15) is 0 Å². The maximum Gasteiger partial charge on any atom is 0.315 e. The maximum atomic E-state index is 5.53. The standard InChI is InChI=1S/C10H10ClN3O/c11-6-9-13-14-10(15-9)12-7-8-4-2-1-3-5-8/h1-5H,6-7H2,(H,12,14). The molecule has 1 N–H and O–H groups in total. The van der Waals surface area contributed by atoms with Crippen molar-refractivity contribution in [2.75, 3.05) is 5.32 Å². The van der Waals surface area contributed by atoms with Crippen LogP contribution in [0.5, 0.6) is 0 Å². The number of rotatable bonds is 4. The van der Waals surface area contributed by atoms with Gasteiger partial charge in [-0.25, -0.2) is 0 Å². The van der Waals surface area contributed by atoms with Crippen LogP contribution in [0.2, 0.25) is 0 Å². The SMILES string of the molecule is ClCc1nnc(NCc2ccccc2)o1. The molecule has 1 heterocycles. The Hall–Kier alpha value is -1.55. The van der Waals surface area contributed by atoms with Gasteiger partial charge in [0.25, 0.3) is 0 Å². The molecule has 2 rings (SSSR count). The number of anilines is 1. The van der Waals surface area contributed by atoms with Crippen LogP contribution in [-0.2, 0) is 12.4 Å². The molecule has 1 aromatic carbocycles. The quantitative estimate of drug-likeness (QED) is 0.809. The van der Waals surface area contributed by atoms with Gasteiger partial charge in [0, 0.05) is 6.54 Å². The van der Waals surface area contributed by atoms with E-state index in [4.69, 9.17) is 16.0 Å². The predicted molar refractivity (Wildman–Crippen MR) is 57.6 cm³/mol. The second kappa shape index (κ2) is 4.79. The second-order valence-corrected chi connectivity index (χ2v) is 3.24. The predicted octanol–water partition coefficient (Wildman–Crippen LogP) is 2.42. The van der Waals surface area contributed by atoms with Gasteiger partial charge in [0.15, 0.2) is 0 Å². The van der Waals surface area contributed by atoms with Crippen LogP contribution in [0.15, 0.2) is 34.7 Å². The number of nitrogens with zero attached hydrogens (tertiary/aromatic N) is 2. The second-order valence-electron chi connectivity index (χ2n) is 2.97. The number of hydrogen-bond donors (Lipinski definition) is 1. The Morgan fingerprint density at radius 2 is 2.00 bits per heavy atom. The summed E-state index contributed by atoms with van der Waals surface area (Å²) in [4.78, 5) is 0. The number of hydrogen-bond acceptors (Lipinski definition) is 4. The molecule has 0 saturated carbocycles. The largest absolute Gasteiger partial charge is 0.407 e. The van der Waals surface area contributed by atoms with Crippen molar-refractivity contribution in [3.05, 3.63) is 41.8 Å². The van der Waals surface area contributed by atoms with Crippen molar-refractivity contribution in [2.45, 2.75) is 12.4 Å². The summed E-state index contributed by atoms with van der Waals surface area (Å²) in [5.74, 6) is 0.659. The fourth-order valence-electron chi connectivity index (χ4n) is 1.15.